The highest BCUT2D eigenvalue weighted by Gasteiger charge is 2.37. The van der Waals surface area contributed by atoms with Gasteiger partial charge >= 0.3 is 0 Å². The van der Waals surface area contributed by atoms with Gasteiger partial charge in [0.05, 0.1) is 12.6 Å². The predicted molar refractivity (Wildman–Crippen MR) is 120 cm³/mol. The number of anilines is 1. The van der Waals surface area contributed by atoms with E-state index in [2.05, 4.69) is 10.3 Å². The van der Waals surface area contributed by atoms with E-state index < -0.39 is 12.1 Å². The van der Waals surface area contributed by atoms with Gasteiger partial charge in [-0.1, -0.05) is 54.1 Å². The zero-order valence-corrected chi connectivity index (χ0v) is 17.9. The fourth-order valence-electron chi connectivity index (χ4n) is 3.70. The average molecular weight is 452 g/mol. The standard InChI is InChI=1S/C24H22ClN3O4/c25-21-12-18(10-11-26-21)24(31)27-19-8-6-17(7-9-19)23-20(14-29)28(22(30)15-32-23)13-16-4-2-1-3-5-16/h1-12,20,23,29H,13-15H2,(H,27,31). The van der Waals surface area contributed by atoms with Crippen LogP contribution >= 0.6 is 11.6 Å². The molecule has 2 amide bonds. The molecule has 0 saturated carbocycles. The van der Waals surface area contributed by atoms with Crippen molar-refractivity contribution in [3.8, 4) is 0 Å². The lowest BCUT2D eigenvalue weighted by atomic mass is 9.98. The third-order valence-corrected chi connectivity index (χ3v) is 5.53. The SMILES string of the molecule is O=C(Nc1ccc(C2OCC(=O)N(Cc3ccccc3)C2CO)cc1)c1ccnc(Cl)c1. The normalized spacial score (nSPS) is 18.4. The summed E-state index contributed by atoms with van der Waals surface area (Å²) in [4.78, 5) is 30.4. The number of aromatic nitrogens is 1. The van der Waals surface area contributed by atoms with Gasteiger partial charge in [-0.3, -0.25) is 9.59 Å². The molecule has 1 aliphatic rings. The third-order valence-electron chi connectivity index (χ3n) is 5.33. The molecule has 2 atom stereocenters. The van der Waals surface area contributed by atoms with Crippen LogP contribution in [-0.4, -0.2) is 46.1 Å². The number of morpholine rings is 1. The van der Waals surface area contributed by atoms with Crippen LogP contribution in [0.4, 0.5) is 5.69 Å². The Bertz CT molecular complexity index is 1090. The maximum Gasteiger partial charge on any atom is 0.255 e. The molecule has 2 aromatic carbocycles. The van der Waals surface area contributed by atoms with Crippen LogP contribution in [-0.2, 0) is 16.1 Å². The molecule has 4 rings (SSSR count). The second-order valence-electron chi connectivity index (χ2n) is 7.43. The van der Waals surface area contributed by atoms with Gasteiger partial charge in [-0.25, -0.2) is 4.98 Å². The van der Waals surface area contributed by atoms with E-state index >= 15 is 0 Å². The van der Waals surface area contributed by atoms with Crippen molar-refractivity contribution in [2.75, 3.05) is 18.5 Å². The molecule has 2 heterocycles. The molecule has 7 nitrogen and oxygen atoms in total. The van der Waals surface area contributed by atoms with Crippen molar-refractivity contribution in [3.63, 3.8) is 0 Å². The summed E-state index contributed by atoms with van der Waals surface area (Å²) in [5, 5.41) is 13.1. The predicted octanol–water partition coefficient (Wildman–Crippen LogP) is 3.45. The molecule has 164 valence electrons. The molecule has 1 saturated heterocycles. The number of hydrogen-bond donors (Lipinski definition) is 2. The van der Waals surface area contributed by atoms with E-state index in [-0.39, 0.29) is 30.2 Å². The second-order valence-corrected chi connectivity index (χ2v) is 7.82. The molecule has 1 fully saturated rings. The Labute approximate surface area is 190 Å². The van der Waals surface area contributed by atoms with Gasteiger partial charge in [-0.05, 0) is 35.4 Å². The first-order valence-corrected chi connectivity index (χ1v) is 10.5. The molecule has 32 heavy (non-hydrogen) atoms. The number of aliphatic hydroxyl groups excluding tert-OH is 1. The van der Waals surface area contributed by atoms with Crippen molar-refractivity contribution in [1.29, 1.82) is 0 Å². The molecule has 0 bridgehead atoms. The Morgan fingerprint density at radius 1 is 1.16 bits per heavy atom. The van der Waals surface area contributed by atoms with Gasteiger partial charge in [0.15, 0.2) is 0 Å². The zero-order valence-electron chi connectivity index (χ0n) is 17.1. The van der Waals surface area contributed by atoms with Crippen molar-refractivity contribution in [2.24, 2.45) is 0 Å². The van der Waals surface area contributed by atoms with Gasteiger partial charge < -0.3 is 20.1 Å². The summed E-state index contributed by atoms with van der Waals surface area (Å²) in [6, 6.07) is 19.3. The van der Waals surface area contributed by atoms with E-state index in [4.69, 9.17) is 16.3 Å². The molecule has 2 N–H and O–H groups in total. The highest BCUT2D eigenvalue weighted by atomic mass is 35.5. The number of carbonyl (C=O) groups is 2. The van der Waals surface area contributed by atoms with Crippen molar-refractivity contribution in [3.05, 3.63) is 94.8 Å². The fraction of sp³-hybridized carbons (Fsp3) is 0.208. The van der Waals surface area contributed by atoms with E-state index in [0.717, 1.165) is 11.1 Å². The number of ether oxygens (including phenoxy) is 1. The minimum Gasteiger partial charge on any atom is -0.394 e. The van der Waals surface area contributed by atoms with E-state index in [9.17, 15) is 14.7 Å². The van der Waals surface area contributed by atoms with Crippen molar-refractivity contribution in [2.45, 2.75) is 18.7 Å². The van der Waals surface area contributed by atoms with Gasteiger partial charge in [-0.15, -0.1) is 0 Å². The summed E-state index contributed by atoms with van der Waals surface area (Å²) in [6.07, 6.45) is 0.989. The summed E-state index contributed by atoms with van der Waals surface area (Å²) in [7, 11) is 0. The first kappa shape index (κ1) is 22.0. The van der Waals surface area contributed by atoms with Gasteiger partial charge in [0.1, 0.15) is 17.9 Å². The van der Waals surface area contributed by atoms with E-state index in [1.165, 1.54) is 12.3 Å². The number of hydrogen-bond acceptors (Lipinski definition) is 5. The minimum absolute atomic E-state index is 0.0602. The van der Waals surface area contributed by atoms with Crippen molar-refractivity contribution < 1.29 is 19.4 Å². The number of rotatable bonds is 6. The molecule has 1 aromatic heterocycles. The lowest BCUT2D eigenvalue weighted by molar-refractivity contribution is -0.162. The quantitative estimate of drug-likeness (QED) is 0.560. The Kier molecular flexibility index (Phi) is 6.80. The van der Waals surface area contributed by atoms with E-state index in [1.807, 2.05) is 42.5 Å². The molecular formula is C24H22ClN3O4. The molecule has 8 heteroatoms. The number of amides is 2. The van der Waals surface area contributed by atoms with E-state index in [1.54, 1.807) is 23.1 Å². The molecule has 2 unspecified atom stereocenters. The number of aliphatic hydroxyl groups is 1. The topological polar surface area (TPSA) is 91.8 Å². The molecule has 3 aromatic rings. The monoisotopic (exact) mass is 451 g/mol. The summed E-state index contributed by atoms with van der Waals surface area (Å²) in [6.45, 7) is 0.104. The summed E-state index contributed by atoms with van der Waals surface area (Å²) < 4.78 is 5.79. The number of carbonyl (C=O) groups excluding carboxylic acids is 2. The number of nitrogens with one attached hydrogen (secondary N) is 1. The maximum absolute atomic E-state index is 12.5. The largest absolute Gasteiger partial charge is 0.394 e. The van der Waals surface area contributed by atoms with Crippen LogP contribution in [0.2, 0.25) is 5.15 Å². The smallest absolute Gasteiger partial charge is 0.255 e. The molecule has 1 aliphatic heterocycles. The van der Waals surface area contributed by atoms with Crippen LogP contribution in [0, 0.1) is 0 Å². The van der Waals surface area contributed by atoms with Crippen LogP contribution in [0.5, 0.6) is 0 Å². The third kappa shape index (κ3) is 4.96. The van der Waals surface area contributed by atoms with Gasteiger partial charge in [0.2, 0.25) is 5.91 Å². The lowest BCUT2D eigenvalue weighted by Crippen LogP contribution is -2.52. The van der Waals surface area contributed by atoms with Crippen LogP contribution in [0.15, 0.2) is 72.9 Å². The number of halogens is 1. The van der Waals surface area contributed by atoms with Crippen molar-refractivity contribution >= 4 is 29.1 Å². The first-order chi connectivity index (χ1) is 15.5. The first-order valence-electron chi connectivity index (χ1n) is 10.1. The van der Waals surface area contributed by atoms with Crippen molar-refractivity contribution in [1.82, 2.24) is 9.88 Å². The number of nitrogens with zero attached hydrogens (tertiary/aromatic N) is 2. The maximum atomic E-state index is 12.5. The highest BCUT2D eigenvalue weighted by molar-refractivity contribution is 6.29. The minimum atomic E-state index is -0.518. The lowest BCUT2D eigenvalue weighted by Gasteiger charge is -2.40. The molecule has 0 radical (unpaired) electrons. The Morgan fingerprint density at radius 2 is 1.91 bits per heavy atom. The van der Waals surface area contributed by atoms with Gasteiger partial charge in [-0.2, -0.15) is 0 Å². The summed E-state index contributed by atoms with van der Waals surface area (Å²) in [5.74, 6) is -0.465. The summed E-state index contributed by atoms with van der Waals surface area (Å²) >= 11 is 5.85. The number of pyridine rings is 1. The van der Waals surface area contributed by atoms with Gasteiger partial charge in [0, 0.05) is 24.0 Å². The van der Waals surface area contributed by atoms with Crippen LogP contribution in [0.25, 0.3) is 0 Å². The van der Waals surface area contributed by atoms with E-state index in [0.29, 0.717) is 17.8 Å². The zero-order chi connectivity index (χ0) is 22.5. The van der Waals surface area contributed by atoms with Crippen LogP contribution < -0.4 is 5.32 Å². The highest BCUT2D eigenvalue weighted by Crippen LogP contribution is 2.31. The molecular weight excluding hydrogens is 430 g/mol. The average Bonchev–Trinajstić information content (AvgIpc) is 2.81. The van der Waals surface area contributed by atoms with Gasteiger partial charge in [0.25, 0.3) is 5.91 Å². The van der Waals surface area contributed by atoms with Crippen LogP contribution in [0.1, 0.15) is 27.6 Å². The number of benzene rings is 2. The fourth-order valence-corrected chi connectivity index (χ4v) is 3.88. The molecule has 0 spiro atoms. The Balaban J connectivity index is 1.48. The summed E-state index contributed by atoms with van der Waals surface area (Å²) in [5.41, 5.74) is 2.79. The molecule has 0 aliphatic carbocycles. The van der Waals surface area contributed by atoms with Crippen LogP contribution in [0.3, 0.4) is 0 Å². The Hall–Kier alpha value is -3.26. The second kappa shape index (κ2) is 9.91. The Morgan fingerprint density at radius 3 is 2.59 bits per heavy atom.